The number of carbonyl (C=O) groups is 1. The third kappa shape index (κ3) is 3.63. The molecule has 0 saturated carbocycles. The molecule has 3 aromatic rings. The second-order valence-corrected chi connectivity index (χ2v) is 5.88. The third-order valence-electron chi connectivity index (χ3n) is 3.73. The zero-order valence-electron chi connectivity index (χ0n) is 13.6. The van der Waals surface area contributed by atoms with Crippen LogP contribution in [0.15, 0.2) is 47.5 Å². The van der Waals surface area contributed by atoms with Crippen molar-refractivity contribution in [2.45, 2.75) is 0 Å². The Kier molecular flexibility index (Phi) is 4.88. The molecular formula is C18H11ClFN5O2. The Labute approximate surface area is 157 Å². The van der Waals surface area contributed by atoms with Crippen LogP contribution in [-0.4, -0.2) is 15.9 Å². The Morgan fingerprint density at radius 1 is 1.26 bits per heavy atom. The first-order valence-electron chi connectivity index (χ1n) is 7.54. The van der Waals surface area contributed by atoms with E-state index in [4.69, 9.17) is 17.3 Å². The maximum atomic E-state index is 14.2. The quantitative estimate of drug-likeness (QED) is 0.638. The van der Waals surface area contributed by atoms with Gasteiger partial charge < -0.3 is 16.0 Å². The van der Waals surface area contributed by atoms with E-state index < -0.39 is 17.3 Å². The van der Waals surface area contributed by atoms with Crippen LogP contribution in [0.3, 0.4) is 0 Å². The monoisotopic (exact) mass is 383 g/mol. The van der Waals surface area contributed by atoms with Crippen LogP contribution in [0.2, 0.25) is 5.02 Å². The van der Waals surface area contributed by atoms with Crippen molar-refractivity contribution in [2.75, 3.05) is 5.32 Å². The number of aromatic amines is 1. The normalized spacial score (nSPS) is 10.3. The number of nitrogens with zero attached hydrogens (tertiary/aromatic N) is 2. The molecule has 9 heteroatoms. The molecular weight excluding hydrogens is 373 g/mol. The van der Waals surface area contributed by atoms with Gasteiger partial charge in [-0.3, -0.25) is 14.6 Å². The van der Waals surface area contributed by atoms with Gasteiger partial charge in [0.05, 0.1) is 22.5 Å². The highest BCUT2D eigenvalue weighted by Gasteiger charge is 2.16. The number of hydrogen-bond acceptors (Lipinski definition) is 5. The van der Waals surface area contributed by atoms with Gasteiger partial charge in [-0.15, -0.1) is 0 Å². The standard InChI is InChI=1S/C18H11ClFN5O2/c19-9-1-2-13(20)10(5-9)11-6-15(16(7-21)25-18(11)27)24-14-3-4-23-8-12(14)17(22)26/h1-6,8H,(H2,22,26)(H,23,24)(H,25,27). The average Bonchev–Trinajstić information content (AvgIpc) is 2.65. The summed E-state index contributed by atoms with van der Waals surface area (Å²) in [7, 11) is 0. The number of anilines is 2. The summed E-state index contributed by atoms with van der Waals surface area (Å²) in [5.41, 5.74) is 5.00. The number of amides is 1. The van der Waals surface area contributed by atoms with Crippen molar-refractivity contribution >= 4 is 28.9 Å². The summed E-state index contributed by atoms with van der Waals surface area (Å²) >= 11 is 5.90. The highest BCUT2D eigenvalue weighted by Crippen LogP contribution is 2.28. The lowest BCUT2D eigenvalue weighted by molar-refractivity contribution is 0.100. The highest BCUT2D eigenvalue weighted by molar-refractivity contribution is 6.30. The molecule has 0 unspecified atom stereocenters. The van der Waals surface area contributed by atoms with Gasteiger partial charge in [-0.25, -0.2) is 4.39 Å². The van der Waals surface area contributed by atoms with Crippen LogP contribution in [0.4, 0.5) is 15.8 Å². The SMILES string of the molecule is N#Cc1[nH]c(=O)c(-c2cc(Cl)ccc2F)cc1Nc1ccncc1C(N)=O. The number of aromatic nitrogens is 2. The summed E-state index contributed by atoms with van der Waals surface area (Å²) < 4.78 is 14.2. The molecule has 2 aromatic heterocycles. The number of hydrogen-bond donors (Lipinski definition) is 3. The Balaban J connectivity index is 2.17. The number of nitriles is 1. The largest absolute Gasteiger partial charge is 0.365 e. The number of halogens is 2. The number of nitrogens with two attached hydrogens (primary N) is 1. The topological polar surface area (TPSA) is 125 Å². The third-order valence-corrected chi connectivity index (χ3v) is 3.96. The molecule has 0 radical (unpaired) electrons. The number of rotatable bonds is 4. The van der Waals surface area contributed by atoms with E-state index in [-0.39, 0.29) is 38.8 Å². The lowest BCUT2D eigenvalue weighted by Gasteiger charge is -2.12. The first-order chi connectivity index (χ1) is 12.9. The van der Waals surface area contributed by atoms with Crippen molar-refractivity contribution in [3.05, 3.63) is 75.2 Å². The maximum Gasteiger partial charge on any atom is 0.257 e. The van der Waals surface area contributed by atoms with Gasteiger partial charge in [0, 0.05) is 23.0 Å². The fraction of sp³-hybridized carbons (Fsp3) is 0. The minimum Gasteiger partial charge on any atom is -0.365 e. The molecule has 0 bridgehead atoms. The summed E-state index contributed by atoms with van der Waals surface area (Å²) in [4.78, 5) is 30.1. The van der Waals surface area contributed by atoms with Crippen LogP contribution < -0.4 is 16.6 Å². The first kappa shape index (κ1) is 18.1. The molecule has 0 atom stereocenters. The number of nitrogens with one attached hydrogen (secondary N) is 2. The first-order valence-corrected chi connectivity index (χ1v) is 7.92. The van der Waals surface area contributed by atoms with Crippen LogP contribution in [0, 0.1) is 17.1 Å². The molecule has 0 aliphatic rings. The Hall–Kier alpha value is -3.70. The van der Waals surface area contributed by atoms with Crippen LogP contribution in [0.5, 0.6) is 0 Å². The van der Waals surface area contributed by atoms with Crippen LogP contribution in [0.1, 0.15) is 16.1 Å². The molecule has 4 N–H and O–H groups in total. The lowest BCUT2D eigenvalue weighted by Crippen LogP contribution is -2.16. The molecule has 1 aromatic carbocycles. The fourth-order valence-electron chi connectivity index (χ4n) is 2.47. The van der Waals surface area contributed by atoms with Gasteiger partial charge in [0.15, 0.2) is 0 Å². The van der Waals surface area contributed by atoms with Gasteiger partial charge >= 0.3 is 0 Å². The maximum absolute atomic E-state index is 14.2. The van der Waals surface area contributed by atoms with E-state index >= 15 is 0 Å². The van der Waals surface area contributed by atoms with Gasteiger partial charge in [-0.05, 0) is 30.3 Å². The zero-order chi connectivity index (χ0) is 19.6. The lowest BCUT2D eigenvalue weighted by atomic mass is 10.1. The fourth-order valence-corrected chi connectivity index (χ4v) is 2.64. The predicted molar refractivity (Wildman–Crippen MR) is 98.2 cm³/mol. The molecule has 3 rings (SSSR count). The summed E-state index contributed by atoms with van der Waals surface area (Å²) in [6.45, 7) is 0. The van der Waals surface area contributed by atoms with E-state index in [1.54, 1.807) is 0 Å². The van der Waals surface area contributed by atoms with Crippen molar-refractivity contribution in [3.63, 3.8) is 0 Å². The Morgan fingerprint density at radius 3 is 2.74 bits per heavy atom. The molecule has 2 heterocycles. The number of benzene rings is 1. The summed E-state index contributed by atoms with van der Waals surface area (Å²) in [5.74, 6) is -1.38. The second kappa shape index (κ2) is 7.27. The smallest absolute Gasteiger partial charge is 0.257 e. The zero-order valence-corrected chi connectivity index (χ0v) is 14.3. The molecule has 0 saturated heterocycles. The minimum atomic E-state index is -0.727. The molecule has 0 aliphatic heterocycles. The van der Waals surface area contributed by atoms with E-state index in [9.17, 15) is 19.2 Å². The van der Waals surface area contributed by atoms with E-state index in [2.05, 4.69) is 15.3 Å². The molecule has 0 aliphatic carbocycles. The van der Waals surface area contributed by atoms with Gasteiger partial charge in [-0.1, -0.05) is 11.6 Å². The van der Waals surface area contributed by atoms with Crippen LogP contribution >= 0.6 is 11.6 Å². The predicted octanol–water partition coefficient (Wildman–Crippen LogP) is 2.94. The van der Waals surface area contributed by atoms with Gasteiger partial charge in [0.1, 0.15) is 17.6 Å². The molecule has 1 amide bonds. The van der Waals surface area contributed by atoms with E-state index in [1.165, 1.54) is 36.7 Å². The Morgan fingerprint density at radius 2 is 2.04 bits per heavy atom. The van der Waals surface area contributed by atoms with Crippen molar-refractivity contribution in [2.24, 2.45) is 5.73 Å². The molecule has 27 heavy (non-hydrogen) atoms. The number of carbonyl (C=O) groups excluding carboxylic acids is 1. The molecule has 0 spiro atoms. The second-order valence-electron chi connectivity index (χ2n) is 5.45. The van der Waals surface area contributed by atoms with Gasteiger partial charge in [0.25, 0.3) is 11.5 Å². The Bertz CT molecular complexity index is 1150. The summed E-state index contributed by atoms with van der Waals surface area (Å²) in [6, 6.07) is 8.42. The summed E-state index contributed by atoms with van der Waals surface area (Å²) in [6.07, 6.45) is 2.68. The van der Waals surface area contributed by atoms with Crippen molar-refractivity contribution < 1.29 is 9.18 Å². The van der Waals surface area contributed by atoms with Crippen molar-refractivity contribution in [1.82, 2.24) is 9.97 Å². The molecule has 7 nitrogen and oxygen atoms in total. The highest BCUT2D eigenvalue weighted by atomic mass is 35.5. The number of pyridine rings is 2. The average molecular weight is 384 g/mol. The van der Waals surface area contributed by atoms with Crippen molar-refractivity contribution in [1.29, 1.82) is 5.26 Å². The minimum absolute atomic E-state index is 0.0267. The molecule has 0 fully saturated rings. The number of H-pyrrole nitrogens is 1. The van der Waals surface area contributed by atoms with E-state index in [0.29, 0.717) is 0 Å². The number of primary amides is 1. The van der Waals surface area contributed by atoms with Gasteiger partial charge in [-0.2, -0.15) is 5.26 Å². The van der Waals surface area contributed by atoms with Crippen LogP contribution in [0.25, 0.3) is 11.1 Å². The molecule has 134 valence electrons. The van der Waals surface area contributed by atoms with E-state index in [0.717, 1.165) is 6.07 Å². The van der Waals surface area contributed by atoms with Gasteiger partial charge in [0.2, 0.25) is 0 Å². The summed E-state index contributed by atoms with van der Waals surface area (Å²) in [5, 5.41) is 12.4. The van der Waals surface area contributed by atoms with Crippen LogP contribution in [-0.2, 0) is 0 Å². The van der Waals surface area contributed by atoms with Crippen molar-refractivity contribution in [3.8, 4) is 17.2 Å². The van der Waals surface area contributed by atoms with E-state index in [1.807, 2.05) is 6.07 Å².